The highest BCUT2D eigenvalue weighted by Crippen LogP contribution is 2.29. The monoisotopic (exact) mass is 444 g/mol. The first-order chi connectivity index (χ1) is 15.6. The van der Waals surface area contributed by atoms with Crippen LogP contribution in [0.25, 0.3) is 0 Å². The van der Waals surface area contributed by atoms with Gasteiger partial charge in [0.15, 0.2) is 0 Å². The molecule has 3 fully saturated rings. The molecule has 4 rings (SSSR count). The number of rotatable bonds is 7. The van der Waals surface area contributed by atoms with Crippen LogP contribution in [0.2, 0.25) is 0 Å². The van der Waals surface area contributed by atoms with Crippen LogP contribution in [0.1, 0.15) is 64.2 Å². The van der Waals surface area contributed by atoms with E-state index < -0.39 is 0 Å². The van der Waals surface area contributed by atoms with E-state index in [4.69, 9.17) is 4.98 Å². The molecule has 3 aliphatic rings. The van der Waals surface area contributed by atoms with E-state index in [9.17, 15) is 4.79 Å². The van der Waals surface area contributed by atoms with Crippen LogP contribution in [-0.2, 0) is 4.79 Å². The summed E-state index contributed by atoms with van der Waals surface area (Å²) < 4.78 is 0. The Kier molecular flexibility index (Phi) is 8.00. The molecule has 0 aromatic carbocycles. The second-order valence-electron chi connectivity index (χ2n) is 9.79. The van der Waals surface area contributed by atoms with Gasteiger partial charge in [-0.2, -0.15) is 15.0 Å². The van der Waals surface area contributed by atoms with Crippen LogP contribution < -0.4 is 20.9 Å². The fourth-order valence-electron chi connectivity index (χ4n) is 5.18. The number of nitrogens with one attached hydrogen (secondary N) is 3. The summed E-state index contributed by atoms with van der Waals surface area (Å²) in [4.78, 5) is 30.9. The Labute approximate surface area is 192 Å². The summed E-state index contributed by atoms with van der Waals surface area (Å²) in [7, 11) is 3.99. The van der Waals surface area contributed by atoms with Gasteiger partial charge in [-0.25, -0.2) is 0 Å². The Morgan fingerprint density at radius 2 is 1.56 bits per heavy atom. The minimum atomic E-state index is 0.251. The molecule has 32 heavy (non-hydrogen) atoms. The molecule has 9 nitrogen and oxygen atoms in total. The van der Waals surface area contributed by atoms with E-state index in [1.165, 1.54) is 19.3 Å². The van der Waals surface area contributed by atoms with Gasteiger partial charge in [-0.15, -0.1) is 0 Å². The molecule has 1 aliphatic heterocycles. The van der Waals surface area contributed by atoms with Gasteiger partial charge < -0.3 is 25.8 Å². The van der Waals surface area contributed by atoms with Gasteiger partial charge in [-0.3, -0.25) is 4.79 Å². The lowest BCUT2D eigenvalue weighted by atomic mass is 9.84. The van der Waals surface area contributed by atoms with Crippen molar-refractivity contribution in [3.05, 3.63) is 0 Å². The van der Waals surface area contributed by atoms with E-state index in [2.05, 4.69) is 42.8 Å². The molecule has 0 bridgehead atoms. The predicted molar refractivity (Wildman–Crippen MR) is 128 cm³/mol. The summed E-state index contributed by atoms with van der Waals surface area (Å²) >= 11 is 0. The average molecular weight is 445 g/mol. The quantitative estimate of drug-likeness (QED) is 0.590. The highest BCUT2D eigenvalue weighted by Gasteiger charge is 2.26. The van der Waals surface area contributed by atoms with Gasteiger partial charge in [0.1, 0.15) is 0 Å². The van der Waals surface area contributed by atoms with E-state index in [0.29, 0.717) is 36.3 Å². The summed E-state index contributed by atoms with van der Waals surface area (Å²) in [6.45, 7) is 3.89. The van der Waals surface area contributed by atoms with E-state index in [-0.39, 0.29) is 5.91 Å². The van der Waals surface area contributed by atoms with Crippen LogP contribution in [0, 0.1) is 5.92 Å². The Hall–Kier alpha value is -2.16. The molecule has 0 unspecified atom stereocenters. The molecular formula is C23H40N8O. The minimum Gasteiger partial charge on any atom is -0.357 e. The van der Waals surface area contributed by atoms with E-state index >= 15 is 0 Å². The molecule has 2 heterocycles. The van der Waals surface area contributed by atoms with Crippen molar-refractivity contribution >= 4 is 23.8 Å². The highest BCUT2D eigenvalue weighted by atomic mass is 16.1. The van der Waals surface area contributed by atoms with E-state index in [1.54, 1.807) is 0 Å². The Morgan fingerprint density at radius 1 is 0.875 bits per heavy atom. The number of hydrogen-bond donors (Lipinski definition) is 3. The third-order valence-electron chi connectivity index (χ3n) is 7.26. The van der Waals surface area contributed by atoms with Gasteiger partial charge >= 0.3 is 0 Å². The molecule has 1 aromatic rings. The van der Waals surface area contributed by atoms with Crippen molar-refractivity contribution in [2.75, 3.05) is 55.8 Å². The van der Waals surface area contributed by atoms with Gasteiger partial charge in [0.2, 0.25) is 23.8 Å². The maximum Gasteiger partial charge on any atom is 0.232 e. The van der Waals surface area contributed by atoms with Crippen LogP contribution >= 0.6 is 0 Å². The van der Waals surface area contributed by atoms with Crippen LogP contribution in [-0.4, -0.2) is 78.1 Å². The van der Waals surface area contributed by atoms with Crippen molar-refractivity contribution in [3.63, 3.8) is 0 Å². The van der Waals surface area contributed by atoms with E-state index in [1.807, 2.05) is 7.05 Å². The number of piperazine rings is 1. The van der Waals surface area contributed by atoms with Crippen molar-refractivity contribution < 1.29 is 4.79 Å². The number of carbonyl (C=O) groups excluding carboxylic acids is 1. The van der Waals surface area contributed by atoms with Gasteiger partial charge in [0, 0.05) is 51.7 Å². The fraction of sp³-hybridized carbons (Fsp3) is 0.826. The second-order valence-corrected chi connectivity index (χ2v) is 9.79. The van der Waals surface area contributed by atoms with Crippen LogP contribution in [0.4, 0.5) is 17.8 Å². The zero-order valence-corrected chi connectivity index (χ0v) is 19.8. The highest BCUT2D eigenvalue weighted by molar-refractivity contribution is 5.76. The molecule has 1 aromatic heterocycles. The van der Waals surface area contributed by atoms with Crippen molar-refractivity contribution in [1.29, 1.82) is 0 Å². The second kappa shape index (κ2) is 11.1. The summed E-state index contributed by atoms with van der Waals surface area (Å²) in [6, 6.07) is 0.758. The molecule has 178 valence electrons. The normalized spacial score (nSPS) is 25.4. The third kappa shape index (κ3) is 6.43. The molecule has 2 saturated carbocycles. The van der Waals surface area contributed by atoms with Gasteiger partial charge in [-0.05, 0) is 51.5 Å². The Morgan fingerprint density at radius 3 is 2.25 bits per heavy atom. The number of carbonyl (C=O) groups is 1. The lowest BCUT2D eigenvalue weighted by Crippen LogP contribution is -2.45. The number of anilines is 3. The molecule has 3 N–H and O–H groups in total. The number of amides is 1. The smallest absolute Gasteiger partial charge is 0.232 e. The Balaban J connectivity index is 1.26. The molecule has 0 spiro atoms. The van der Waals surface area contributed by atoms with Crippen molar-refractivity contribution in [3.8, 4) is 0 Å². The number of aromatic nitrogens is 3. The first kappa shape index (κ1) is 23.0. The number of likely N-dealkylation sites (N-methyl/N-ethyl adjacent to an activating group) is 1. The maximum atomic E-state index is 12.5. The van der Waals surface area contributed by atoms with Crippen molar-refractivity contribution in [2.45, 2.75) is 76.3 Å². The molecule has 1 amide bonds. The largest absolute Gasteiger partial charge is 0.357 e. The number of hydrogen-bond acceptors (Lipinski definition) is 8. The first-order valence-electron chi connectivity index (χ1n) is 12.5. The summed E-state index contributed by atoms with van der Waals surface area (Å²) in [6.07, 6.45) is 11.0. The molecule has 0 atom stereocenters. The Bertz CT molecular complexity index is 738. The topological polar surface area (TPSA) is 98.3 Å². The van der Waals surface area contributed by atoms with Crippen molar-refractivity contribution in [1.82, 2.24) is 25.2 Å². The lowest BCUT2D eigenvalue weighted by molar-refractivity contribution is -0.123. The van der Waals surface area contributed by atoms with Gasteiger partial charge in [0.25, 0.3) is 0 Å². The average Bonchev–Trinajstić information content (AvgIpc) is 2.81. The SMILES string of the molecule is CNc1nc(NC2CCC(CC(=O)NC3CCCCC3)CC2)nc(N2CCN(C)CC2)n1. The maximum absolute atomic E-state index is 12.5. The molecule has 0 radical (unpaired) electrons. The summed E-state index contributed by atoms with van der Waals surface area (Å²) in [5.74, 6) is 2.74. The first-order valence-corrected chi connectivity index (χ1v) is 12.5. The zero-order chi connectivity index (χ0) is 22.3. The molecule has 2 aliphatic carbocycles. The minimum absolute atomic E-state index is 0.251. The van der Waals surface area contributed by atoms with Crippen molar-refractivity contribution in [2.24, 2.45) is 5.92 Å². The lowest BCUT2D eigenvalue weighted by Gasteiger charge is -2.33. The fourth-order valence-corrected chi connectivity index (χ4v) is 5.18. The van der Waals surface area contributed by atoms with Crippen LogP contribution in [0.3, 0.4) is 0 Å². The van der Waals surface area contributed by atoms with Gasteiger partial charge in [-0.1, -0.05) is 19.3 Å². The third-order valence-corrected chi connectivity index (χ3v) is 7.26. The molecule has 1 saturated heterocycles. The molecular weight excluding hydrogens is 404 g/mol. The summed E-state index contributed by atoms with van der Waals surface area (Å²) in [5.41, 5.74) is 0. The van der Waals surface area contributed by atoms with E-state index in [0.717, 1.165) is 70.7 Å². The zero-order valence-electron chi connectivity index (χ0n) is 19.8. The van der Waals surface area contributed by atoms with Gasteiger partial charge in [0.05, 0.1) is 0 Å². The standard InChI is InChI=1S/C23H40N8O/c1-24-21-27-22(29-23(28-21)31-14-12-30(2)13-15-31)26-19-10-8-17(9-11-19)16-20(32)25-18-6-4-3-5-7-18/h17-19H,3-16H2,1-2H3,(H,25,32)(H2,24,26,27,28,29). The van der Waals surface area contributed by atoms with Crippen LogP contribution in [0.5, 0.6) is 0 Å². The number of nitrogens with zero attached hydrogens (tertiary/aromatic N) is 5. The summed E-state index contributed by atoms with van der Waals surface area (Å²) in [5, 5.41) is 9.89. The predicted octanol–water partition coefficient (Wildman–Crippen LogP) is 2.47. The molecule has 9 heteroatoms. The van der Waals surface area contributed by atoms with Crippen LogP contribution in [0.15, 0.2) is 0 Å².